The van der Waals surface area contributed by atoms with Crippen LogP contribution >= 0.6 is 0 Å². The molecule has 0 spiro atoms. The molecule has 3 heteroatoms. The zero-order valence-corrected chi connectivity index (χ0v) is 9.18. The minimum atomic E-state index is 0.820. The number of ether oxygens (including phenoxy) is 1. The van der Waals surface area contributed by atoms with Crippen molar-refractivity contribution in [2.24, 2.45) is 0 Å². The van der Waals surface area contributed by atoms with E-state index in [-0.39, 0.29) is 0 Å². The summed E-state index contributed by atoms with van der Waals surface area (Å²) in [5.41, 5.74) is 0. The Morgan fingerprint density at radius 1 is 1.25 bits per heavy atom. The van der Waals surface area contributed by atoms with Gasteiger partial charge in [0.2, 0.25) is 0 Å². The molecule has 0 amide bonds. The molecule has 0 aliphatic rings. The Morgan fingerprint density at radius 2 is 1.83 bits per heavy atom. The van der Waals surface area contributed by atoms with E-state index in [0.29, 0.717) is 0 Å². The summed E-state index contributed by atoms with van der Waals surface area (Å²) < 4.78 is 4.93. The highest BCUT2D eigenvalue weighted by molar-refractivity contribution is 4.50. The Morgan fingerprint density at radius 3 is 2.25 bits per heavy atom. The quantitative estimate of drug-likeness (QED) is 0.648. The standard InChI is InChI=1S/C7H18N2O.C2H6/c1-8-4-5-9(2)6-7-10-3;1-2/h8H,4-7H2,1-3H3;1-2H3. The van der Waals surface area contributed by atoms with Gasteiger partial charge in [0, 0.05) is 26.7 Å². The number of nitrogens with one attached hydrogen (secondary N) is 1. The highest BCUT2D eigenvalue weighted by atomic mass is 16.5. The maximum absolute atomic E-state index is 4.93. The molecule has 1 N–H and O–H groups in total. The second-order valence-electron chi connectivity index (χ2n) is 2.40. The highest BCUT2D eigenvalue weighted by Gasteiger charge is 1.94. The summed E-state index contributed by atoms with van der Waals surface area (Å²) in [6.45, 7) is 7.96. The van der Waals surface area contributed by atoms with Crippen molar-refractivity contribution in [3.05, 3.63) is 0 Å². The van der Waals surface area contributed by atoms with Gasteiger partial charge in [-0.15, -0.1) is 0 Å². The summed E-state index contributed by atoms with van der Waals surface area (Å²) in [6, 6.07) is 0. The maximum Gasteiger partial charge on any atom is 0.0589 e. The third-order valence-corrected chi connectivity index (χ3v) is 1.42. The van der Waals surface area contributed by atoms with Gasteiger partial charge in [0.15, 0.2) is 0 Å². The van der Waals surface area contributed by atoms with Gasteiger partial charge in [0.25, 0.3) is 0 Å². The second-order valence-corrected chi connectivity index (χ2v) is 2.40. The monoisotopic (exact) mass is 176 g/mol. The fourth-order valence-corrected chi connectivity index (χ4v) is 0.662. The summed E-state index contributed by atoms with van der Waals surface area (Å²) in [6.07, 6.45) is 0. The first-order chi connectivity index (χ1) is 5.81. The molecule has 0 aromatic carbocycles. The van der Waals surface area contributed by atoms with Crippen LogP contribution in [0.25, 0.3) is 0 Å². The molecule has 12 heavy (non-hydrogen) atoms. The number of nitrogens with zero attached hydrogens (tertiary/aromatic N) is 1. The van der Waals surface area contributed by atoms with Crippen LogP contribution in [0.4, 0.5) is 0 Å². The first-order valence-corrected chi connectivity index (χ1v) is 4.63. The van der Waals surface area contributed by atoms with Crippen LogP contribution in [0.1, 0.15) is 13.8 Å². The molecular formula is C9H24N2O. The van der Waals surface area contributed by atoms with Gasteiger partial charge in [-0.25, -0.2) is 0 Å². The van der Waals surface area contributed by atoms with E-state index >= 15 is 0 Å². The first kappa shape index (κ1) is 14.4. The van der Waals surface area contributed by atoms with Crippen molar-refractivity contribution in [2.45, 2.75) is 13.8 Å². The zero-order valence-electron chi connectivity index (χ0n) is 9.18. The van der Waals surface area contributed by atoms with Gasteiger partial charge in [0.05, 0.1) is 6.61 Å². The summed E-state index contributed by atoms with van der Waals surface area (Å²) in [5.74, 6) is 0. The van der Waals surface area contributed by atoms with Gasteiger partial charge in [-0.05, 0) is 14.1 Å². The molecule has 0 aliphatic heterocycles. The molecule has 0 aliphatic carbocycles. The third kappa shape index (κ3) is 12.5. The summed E-state index contributed by atoms with van der Waals surface area (Å²) in [4.78, 5) is 2.24. The lowest BCUT2D eigenvalue weighted by atomic mass is 10.5. The van der Waals surface area contributed by atoms with Crippen LogP contribution in [0.15, 0.2) is 0 Å². The van der Waals surface area contributed by atoms with Crippen molar-refractivity contribution < 1.29 is 4.74 Å². The molecule has 0 bridgehead atoms. The van der Waals surface area contributed by atoms with Crippen LogP contribution in [0, 0.1) is 0 Å². The van der Waals surface area contributed by atoms with Crippen molar-refractivity contribution in [3.63, 3.8) is 0 Å². The van der Waals surface area contributed by atoms with Gasteiger partial charge in [-0.3, -0.25) is 0 Å². The third-order valence-electron chi connectivity index (χ3n) is 1.42. The first-order valence-electron chi connectivity index (χ1n) is 4.63. The molecular weight excluding hydrogens is 152 g/mol. The van der Waals surface area contributed by atoms with Crippen molar-refractivity contribution in [2.75, 3.05) is 47.4 Å². The molecule has 0 aromatic rings. The number of methoxy groups -OCH3 is 1. The Hall–Kier alpha value is -0.120. The highest BCUT2D eigenvalue weighted by Crippen LogP contribution is 1.79. The molecule has 0 radical (unpaired) electrons. The van der Waals surface area contributed by atoms with Crippen LogP contribution in [0.3, 0.4) is 0 Å². The van der Waals surface area contributed by atoms with Crippen molar-refractivity contribution in [1.82, 2.24) is 10.2 Å². The summed E-state index contributed by atoms with van der Waals surface area (Å²) >= 11 is 0. The van der Waals surface area contributed by atoms with E-state index in [2.05, 4.69) is 17.3 Å². The average Bonchev–Trinajstić information content (AvgIpc) is 2.14. The van der Waals surface area contributed by atoms with E-state index in [9.17, 15) is 0 Å². The van der Waals surface area contributed by atoms with Gasteiger partial charge in [0.1, 0.15) is 0 Å². The van der Waals surface area contributed by atoms with E-state index in [0.717, 1.165) is 26.2 Å². The second kappa shape index (κ2) is 13.5. The van der Waals surface area contributed by atoms with Crippen LogP contribution in [-0.2, 0) is 4.74 Å². The van der Waals surface area contributed by atoms with Gasteiger partial charge < -0.3 is 15.0 Å². The Labute approximate surface area is 77.1 Å². The smallest absolute Gasteiger partial charge is 0.0589 e. The Balaban J connectivity index is 0. The van der Waals surface area contributed by atoms with Crippen LogP contribution in [-0.4, -0.2) is 52.3 Å². The van der Waals surface area contributed by atoms with Gasteiger partial charge >= 0.3 is 0 Å². The zero-order chi connectivity index (χ0) is 9.82. The molecule has 0 rings (SSSR count). The minimum absolute atomic E-state index is 0.820. The van der Waals surface area contributed by atoms with Crippen LogP contribution in [0.2, 0.25) is 0 Å². The lowest BCUT2D eigenvalue weighted by molar-refractivity contribution is 0.162. The lowest BCUT2D eigenvalue weighted by Gasteiger charge is -2.14. The molecule has 0 unspecified atom stereocenters. The SMILES string of the molecule is CC.CNCCN(C)CCOC. The molecule has 0 fully saturated rings. The molecule has 0 heterocycles. The molecule has 0 saturated carbocycles. The van der Waals surface area contributed by atoms with Crippen molar-refractivity contribution in [3.8, 4) is 0 Å². The predicted molar refractivity (Wildman–Crippen MR) is 54.6 cm³/mol. The van der Waals surface area contributed by atoms with E-state index in [1.807, 2.05) is 20.9 Å². The summed E-state index contributed by atoms with van der Waals surface area (Å²) in [7, 11) is 5.78. The Bertz CT molecular complexity index is 61.5. The minimum Gasteiger partial charge on any atom is -0.383 e. The van der Waals surface area contributed by atoms with Crippen LogP contribution < -0.4 is 5.32 Å². The summed E-state index contributed by atoms with van der Waals surface area (Å²) in [5, 5.41) is 3.09. The van der Waals surface area contributed by atoms with Crippen molar-refractivity contribution in [1.29, 1.82) is 0 Å². The lowest BCUT2D eigenvalue weighted by Crippen LogP contribution is -2.29. The van der Waals surface area contributed by atoms with Crippen molar-refractivity contribution >= 4 is 0 Å². The molecule has 0 saturated heterocycles. The number of likely N-dealkylation sites (N-methyl/N-ethyl adjacent to an activating group) is 2. The van der Waals surface area contributed by atoms with E-state index in [1.54, 1.807) is 7.11 Å². The largest absolute Gasteiger partial charge is 0.383 e. The molecule has 76 valence electrons. The fourth-order valence-electron chi connectivity index (χ4n) is 0.662. The molecule has 0 atom stereocenters. The maximum atomic E-state index is 4.93. The number of hydrogen-bond donors (Lipinski definition) is 1. The van der Waals surface area contributed by atoms with E-state index in [1.165, 1.54) is 0 Å². The molecule has 3 nitrogen and oxygen atoms in total. The average molecular weight is 176 g/mol. The topological polar surface area (TPSA) is 24.5 Å². The van der Waals surface area contributed by atoms with Gasteiger partial charge in [-0.2, -0.15) is 0 Å². The normalized spacial score (nSPS) is 9.50. The predicted octanol–water partition coefficient (Wildman–Crippen LogP) is 0.810. The number of hydrogen-bond acceptors (Lipinski definition) is 3. The molecule has 0 aromatic heterocycles. The van der Waals surface area contributed by atoms with E-state index < -0.39 is 0 Å². The fraction of sp³-hybridized carbons (Fsp3) is 1.00. The van der Waals surface area contributed by atoms with E-state index in [4.69, 9.17) is 4.74 Å². The van der Waals surface area contributed by atoms with Crippen LogP contribution in [0.5, 0.6) is 0 Å². The Kier molecular flexibility index (Phi) is 16.2. The van der Waals surface area contributed by atoms with Gasteiger partial charge in [-0.1, -0.05) is 13.8 Å². The number of rotatable bonds is 6.